The van der Waals surface area contributed by atoms with Crippen molar-refractivity contribution in [1.82, 2.24) is 14.8 Å². The molecule has 0 aliphatic carbocycles. The molecule has 1 amide bonds. The number of thiazole rings is 1. The lowest BCUT2D eigenvalue weighted by molar-refractivity contribution is 0.0473. The van der Waals surface area contributed by atoms with E-state index in [1.54, 1.807) is 36.0 Å². The van der Waals surface area contributed by atoms with Crippen LogP contribution in [-0.2, 0) is 18.4 Å². The highest BCUT2D eigenvalue weighted by atomic mass is 32.1. The summed E-state index contributed by atoms with van der Waals surface area (Å²) in [6.07, 6.45) is 5.04. The van der Waals surface area contributed by atoms with Gasteiger partial charge in [0.15, 0.2) is 5.76 Å². The lowest BCUT2D eigenvalue weighted by Crippen LogP contribution is -2.09. The molecular formula is C19H16N4O4S2. The molecule has 0 saturated carbocycles. The van der Waals surface area contributed by atoms with Crippen LogP contribution in [0.15, 0.2) is 46.7 Å². The van der Waals surface area contributed by atoms with Gasteiger partial charge in [0, 0.05) is 24.2 Å². The largest absolute Gasteiger partial charge is 0.459 e. The third kappa shape index (κ3) is 4.28. The molecule has 0 fully saturated rings. The molecule has 4 rings (SSSR count). The second-order valence-corrected chi connectivity index (χ2v) is 8.09. The predicted molar refractivity (Wildman–Crippen MR) is 109 cm³/mol. The van der Waals surface area contributed by atoms with E-state index in [4.69, 9.17) is 9.15 Å². The molecule has 0 aromatic carbocycles. The number of hydrogen-bond acceptors (Lipinski definition) is 8. The summed E-state index contributed by atoms with van der Waals surface area (Å²) in [6.45, 7) is 1.86. The van der Waals surface area contributed by atoms with E-state index < -0.39 is 5.97 Å². The van der Waals surface area contributed by atoms with Gasteiger partial charge in [-0.05, 0) is 30.7 Å². The van der Waals surface area contributed by atoms with Gasteiger partial charge in [0.2, 0.25) is 0 Å². The molecule has 0 radical (unpaired) electrons. The standard InChI is InChI=1S/C19H16N4O4S2/c1-11-6-15(22-17(24)14-4-3-5-26-14)29-16(11)19(25)27-9-13-10-28-18(21-13)12-7-20-23(2)8-12/h3-8,10H,9H2,1-2H3,(H,22,24). The van der Waals surface area contributed by atoms with Gasteiger partial charge in [-0.2, -0.15) is 5.10 Å². The van der Waals surface area contributed by atoms with Crippen molar-refractivity contribution in [1.29, 1.82) is 0 Å². The van der Waals surface area contributed by atoms with Gasteiger partial charge in [-0.1, -0.05) is 0 Å². The Labute approximate surface area is 173 Å². The number of carbonyl (C=O) groups excluding carboxylic acids is 2. The maximum Gasteiger partial charge on any atom is 0.349 e. The second kappa shape index (κ2) is 8.02. The third-order valence-electron chi connectivity index (χ3n) is 3.94. The fraction of sp³-hybridized carbons (Fsp3) is 0.158. The number of nitrogens with one attached hydrogen (secondary N) is 1. The summed E-state index contributed by atoms with van der Waals surface area (Å²) in [5.74, 6) is -0.628. The normalized spacial score (nSPS) is 10.8. The number of hydrogen-bond donors (Lipinski definition) is 1. The molecule has 0 unspecified atom stereocenters. The zero-order valence-electron chi connectivity index (χ0n) is 15.5. The number of aromatic nitrogens is 3. The van der Waals surface area contributed by atoms with Crippen LogP contribution >= 0.6 is 22.7 Å². The van der Waals surface area contributed by atoms with Crippen LogP contribution in [0, 0.1) is 6.92 Å². The highest BCUT2D eigenvalue weighted by Crippen LogP contribution is 2.28. The zero-order chi connectivity index (χ0) is 20.4. The summed E-state index contributed by atoms with van der Waals surface area (Å²) >= 11 is 2.62. The van der Waals surface area contributed by atoms with Crippen molar-refractivity contribution in [2.24, 2.45) is 7.05 Å². The highest BCUT2D eigenvalue weighted by Gasteiger charge is 2.18. The smallest absolute Gasteiger partial charge is 0.349 e. The average molecular weight is 428 g/mol. The molecule has 0 bridgehead atoms. The Balaban J connectivity index is 1.38. The number of ether oxygens (including phenoxy) is 1. The fourth-order valence-electron chi connectivity index (χ4n) is 2.57. The molecule has 1 N–H and O–H groups in total. The topological polar surface area (TPSA) is 99.3 Å². The van der Waals surface area contributed by atoms with Crippen LogP contribution in [0.1, 0.15) is 31.5 Å². The SMILES string of the molecule is Cc1cc(NC(=O)c2ccco2)sc1C(=O)OCc1csc(-c2cnn(C)c2)n1. The van der Waals surface area contributed by atoms with Gasteiger partial charge in [0.25, 0.3) is 5.91 Å². The number of aryl methyl sites for hydroxylation is 2. The van der Waals surface area contributed by atoms with Crippen molar-refractivity contribution in [3.63, 3.8) is 0 Å². The van der Waals surface area contributed by atoms with E-state index in [1.807, 2.05) is 18.6 Å². The Morgan fingerprint density at radius 1 is 1.38 bits per heavy atom. The lowest BCUT2D eigenvalue weighted by atomic mass is 10.3. The number of carbonyl (C=O) groups is 2. The van der Waals surface area contributed by atoms with E-state index in [9.17, 15) is 9.59 Å². The molecule has 0 spiro atoms. The molecule has 0 saturated heterocycles. The molecule has 4 aromatic heterocycles. The van der Waals surface area contributed by atoms with Crippen LogP contribution in [-0.4, -0.2) is 26.6 Å². The van der Waals surface area contributed by atoms with Gasteiger partial charge in [-0.3, -0.25) is 9.48 Å². The van der Waals surface area contributed by atoms with Crippen LogP contribution in [0.3, 0.4) is 0 Å². The molecule has 4 heterocycles. The lowest BCUT2D eigenvalue weighted by Gasteiger charge is -2.01. The molecule has 10 heteroatoms. The first-order valence-corrected chi connectivity index (χ1v) is 10.2. The second-order valence-electron chi connectivity index (χ2n) is 6.18. The number of nitrogens with zero attached hydrogens (tertiary/aromatic N) is 3. The van der Waals surface area contributed by atoms with Crippen molar-refractivity contribution < 1.29 is 18.7 Å². The van der Waals surface area contributed by atoms with Crippen LogP contribution in [0.4, 0.5) is 5.00 Å². The maximum atomic E-state index is 12.5. The quantitative estimate of drug-likeness (QED) is 0.464. The van der Waals surface area contributed by atoms with Crippen molar-refractivity contribution in [3.05, 3.63) is 64.1 Å². The first-order chi connectivity index (χ1) is 14.0. The molecule has 4 aromatic rings. The molecule has 0 aliphatic rings. The Hall–Kier alpha value is -3.24. The number of rotatable bonds is 6. The van der Waals surface area contributed by atoms with Crippen LogP contribution in [0.25, 0.3) is 10.6 Å². The molecule has 8 nitrogen and oxygen atoms in total. The monoisotopic (exact) mass is 428 g/mol. The maximum absolute atomic E-state index is 12.5. The summed E-state index contributed by atoms with van der Waals surface area (Å²) < 4.78 is 12.2. The molecule has 0 atom stereocenters. The number of anilines is 1. The Morgan fingerprint density at radius 3 is 2.97 bits per heavy atom. The Bertz CT molecular complexity index is 1160. The average Bonchev–Trinajstić information content (AvgIpc) is 3.47. The van der Waals surface area contributed by atoms with Gasteiger partial charge in [0.05, 0.1) is 23.2 Å². The Morgan fingerprint density at radius 2 is 2.24 bits per heavy atom. The van der Waals surface area contributed by atoms with Gasteiger partial charge < -0.3 is 14.5 Å². The summed E-state index contributed by atoms with van der Waals surface area (Å²) in [5, 5.41) is 10.1. The minimum absolute atomic E-state index is 0.0705. The van der Waals surface area contributed by atoms with Crippen LogP contribution < -0.4 is 5.32 Å². The van der Waals surface area contributed by atoms with E-state index in [0.717, 1.165) is 27.5 Å². The number of thiophene rings is 1. The van der Waals surface area contributed by atoms with E-state index in [-0.39, 0.29) is 18.3 Å². The highest BCUT2D eigenvalue weighted by molar-refractivity contribution is 7.18. The van der Waals surface area contributed by atoms with E-state index in [1.165, 1.54) is 17.6 Å². The minimum atomic E-state index is -0.457. The van der Waals surface area contributed by atoms with E-state index in [2.05, 4.69) is 15.4 Å². The zero-order valence-corrected chi connectivity index (χ0v) is 17.2. The van der Waals surface area contributed by atoms with Crippen molar-refractivity contribution in [2.75, 3.05) is 5.32 Å². The fourth-order valence-corrected chi connectivity index (χ4v) is 4.31. The first-order valence-electron chi connectivity index (χ1n) is 8.55. The van der Waals surface area contributed by atoms with Gasteiger partial charge >= 0.3 is 5.97 Å². The number of amides is 1. The number of furan rings is 1. The van der Waals surface area contributed by atoms with Crippen molar-refractivity contribution >= 4 is 39.6 Å². The summed E-state index contributed by atoms with van der Waals surface area (Å²) in [5.41, 5.74) is 2.31. The summed E-state index contributed by atoms with van der Waals surface area (Å²) in [7, 11) is 1.84. The Kier molecular flexibility index (Phi) is 5.28. The van der Waals surface area contributed by atoms with Gasteiger partial charge in [-0.15, -0.1) is 22.7 Å². The molecule has 29 heavy (non-hydrogen) atoms. The summed E-state index contributed by atoms with van der Waals surface area (Å²) in [4.78, 5) is 29.4. The van der Waals surface area contributed by atoms with Crippen LogP contribution in [0.2, 0.25) is 0 Å². The third-order valence-corrected chi connectivity index (χ3v) is 6.01. The van der Waals surface area contributed by atoms with E-state index >= 15 is 0 Å². The van der Waals surface area contributed by atoms with Crippen molar-refractivity contribution in [2.45, 2.75) is 13.5 Å². The molecular weight excluding hydrogens is 412 g/mol. The molecule has 0 aliphatic heterocycles. The van der Waals surface area contributed by atoms with Crippen molar-refractivity contribution in [3.8, 4) is 10.6 Å². The minimum Gasteiger partial charge on any atom is -0.459 e. The van der Waals surface area contributed by atoms with Crippen LogP contribution in [0.5, 0.6) is 0 Å². The molecule has 148 valence electrons. The number of esters is 1. The predicted octanol–water partition coefficient (Wildman–Crippen LogP) is 4.12. The summed E-state index contributed by atoms with van der Waals surface area (Å²) in [6, 6.07) is 4.93. The van der Waals surface area contributed by atoms with Gasteiger partial charge in [0.1, 0.15) is 16.5 Å². The first kappa shape index (κ1) is 19.1. The van der Waals surface area contributed by atoms with E-state index in [0.29, 0.717) is 15.6 Å². The van der Waals surface area contributed by atoms with Gasteiger partial charge in [-0.25, -0.2) is 9.78 Å².